The number of hydrogen-bond acceptors (Lipinski definition) is 4. The zero-order valence-corrected chi connectivity index (χ0v) is 16.2. The van der Waals surface area contributed by atoms with E-state index in [1.54, 1.807) is 24.0 Å². The highest BCUT2D eigenvalue weighted by atomic mass is 16.5. The lowest BCUT2D eigenvalue weighted by Crippen LogP contribution is -2.61. The van der Waals surface area contributed by atoms with Crippen molar-refractivity contribution in [2.45, 2.75) is 25.4 Å². The summed E-state index contributed by atoms with van der Waals surface area (Å²) in [6.45, 7) is 1.17. The molecule has 0 spiro atoms. The Morgan fingerprint density at radius 1 is 0.964 bits per heavy atom. The Hall–Kier alpha value is -3.02. The average Bonchev–Trinajstić information content (AvgIpc) is 2.74. The number of ether oxygens (including phenoxy) is 2. The van der Waals surface area contributed by atoms with Crippen LogP contribution in [0.2, 0.25) is 0 Å². The van der Waals surface area contributed by atoms with E-state index in [2.05, 4.69) is 0 Å². The molecule has 0 saturated carbocycles. The van der Waals surface area contributed by atoms with Crippen molar-refractivity contribution < 1.29 is 19.1 Å². The van der Waals surface area contributed by atoms with Crippen LogP contribution >= 0.6 is 0 Å². The van der Waals surface area contributed by atoms with Crippen LogP contribution in [-0.2, 0) is 29.0 Å². The zero-order chi connectivity index (χ0) is 19.7. The molecule has 2 heterocycles. The molecule has 146 valence electrons. The number of nitrogens with zero attached hydrogens (tertiary/aromatic N) is 2. The molecular weight excluding hydrogens is 356 g/mol. The van der Waals surface area contributed by atoms with Crippen molar-refractivity contribution in [1.82, 2.24) is 9.80 Å². The van der Waals surface area contributed by atoms with Gasteiger partial charge in [-0.25, -0.2) is 0 Å². The molecular formula is C22H24N2O4. The molecule has 2 aliphatic heterocycles. The fraction of sp³-hybridized carbons (Fsp3) is 0.364. The molecule has 0 radical (unpaired) electrons. The molecule has 28 heavy (non-hydrogen) atoms. The number of rotatable bonds is 5. The number of hydrogen-bond donors (Lipinski definition) is 0. The van der Waals surface area contributed by atoms with Gasteiger partial charge in [-0.1, -0.05) is 30.3 Å². The van der Waals surface area contributed by atoms with Crippen molar-refractivity contribution in [3.05, 3.63) is 59.2 Å². The van der Waals surface area contributed by atoms with Crippen molar-refractivity contribution in [2.24, 2.45) is 0 Å². The topological polar surface area (TPSA) is 59.1 Å². The molecule has 1 fully saturated rings. The number of piperazine rings is 1. The molecule has 0 aromatic heterocycles. The van der Waals surface area contributed by atoms with Crippen LogP contribution in [0.4, 0.5) is 0 Å². The molecule has 6 nitrogen and oxygen atoms in total. The minimum atomic E-state index is -0.387. The van der Waals surface area contributed by atoms with E-state index >= 15 is 0 Å². The second kappa shape index (κ2) is 7.54. The van der Waals surface area contributed by atoms with E-state index in [4.69, 9.17) is 9.47 Å². The molecule has 0 N–H and O–H groups in total. The monoisotopic (exact) mass is 380 g/mol. The third-order valence-corrected chi connectivity index (χ3v) is 5.61. The number of fused-ring (bicyclic) bond motifs is 2. The van der Waals surface area contributed by atoms with Crippen LogP contribution in [0.25, 0.3) is 0 Å². The van der Waals surface area contributed by atoms with Crippen LogP contribution in [0.1, 0.15) is 16.7 Å². The fourth-order valence-electron chi connectivity index (χ4n) is 4.04. The van der Waals surface area contributed by atoms with Crippen molar-refractivity contribution in [1.29, 1.82) is 0 Å². The second-order valence-electron chi connectivity index (χ2n) is 7.21. The van der Waals surface area contributed by atoms with E-state index < -0.39 is 0 Å². The first-order chi connectivity index (χ1) is 13.6. The first kappa shape index (κ1) is 18.3. The van der Waals surface area contributed by atoms with Gasteiger partial charge in [-0.15, -0.1) is 0 Å². The predicted octanol–water partition coefficient (Wildman–Crippen LogP) is 2.04. The summed E-state index contributed by atoms with van der Waals surface area (Å²) in [7, 11) is 3.20. The third kappa shape index (κ3) is 3.30. The number of methoxy groups -OCH3 is 2. The van der Waals surface area contributed by atoms with Crippen molar-refractivity contribution in [2.75, 3.05) is 27.3 Å². The van der Waals surface area contributed by atoms with Gasteiger partial charge in [-0.3, -0.25) is 9.59 Å². The smallest absolute Gasteiger partial charge is 0.246 e. The average molecular weight is 380 g/mol. The molecule has 6 heteroatoms. The summed E-state index contributed by atoms with van der Waals surface area (Å²) >= 11 is 0. The second-order valence-corrected chi connectivity index (χ2v) is 7.21. The molecule has 0 aliphatic carbocycles. The summed E-state index contributed by atoms with van der Waals surface area (Å²) < 4.78 is 10.6. The van der Waals surface area contributed by atoms with Gasteiger partial charge in [0.1, 0.15) is 6.04 Å². The Morgan fingerprint density at radius 3 is 2.46 bits per heavy atom. The Labute approximate surface area is 164 Å². The largest absolute Gasteiger partial charge is 0.493 e. The van der Waals surface area contributed by atoms with Crippen LogP contribution < -0.4 is 9.47 Å². The van der Waals surface area contributed by atoms with Crippen LogP contribution in [-0.4, -0.2) is 55.0 Å². The lowest BCUT2D eigenvalue weighted by Gasteiger charge is -2.43. The first-order valence-corrected chi connectivity index (χ1v) is 9.46. The Kier molecular flexibility index (Phi) is 4.94. The number of carbonyl (C=O) groups excluding carboxylic acids is 2. The lowest BCUT2D eigenvalue weighted by molar-refractivity contribution is -0.157. The maximum atomic E-state index is 13.0. The number of benzene rings is 2. The summed E-state index contributed by atoms with van der Waals surface area (Å²) in [4.78, 5) is 29.2. The van der Waals surface area contributed by atoms with E-state index in [-0.39, 0.29) is 24.4 Å². The summed E-state index contributed by atoms with van der Waals surface area (Å²) in [6.07, 6.45) is 1.25. The van der Waals surface area contributed by atoms with Crippen LogP contribution in [0.5, 0.6) is 11.5 Å². The van der Waals surface area contributed by atoms with Crippen LogP contribution in [0.3, 0.4) is 0 Å². The summed E-state index contributed by atoms with van der Waals surface area (Å²) in [5.74, 6) is 1.39. The Balaban J connectivity index is 1.47. The molecule has 0 bridgehead atoms. The molecule has 2 aromatic carbocycles. The molecule has 2 aromatic rings. The lowest BCUT2D eigenvalue weighted by atomic mass is 9.91. The van der Waals surface area contributed by atoms with E-state index in [9.17, 15) is 9.59 Å². The van der Waals surface area contributed by atoms with Crippen LogP contribution in [0.15, 0.2) is 42.5 Å². The zero-order valence-electron chi connectivity index (χ0n) is 16.2. The van der Waals surface area contributed by atoms with Crippen molar-refractivity contribution in [3.63, 3.8) is 0 Å². The standard InChI is InChI=1S/C22H24N2O4/c1-27-19-8-7-15(11-20(19)28-2)9-10-23-14-21(25)24-13-17-6-4-3-5-16(17)12-18(24)22(23)26/h3-8,11,18H,9-10,12-14H2,1-2H3/t18-/m1/s1. The highest BCUT2D eigenvalue weighted by molar-refractivity contribution is 5.95. The van der Waals surface area contributed by atoms with Crippen molar-refractivity contribution >= 4 is 11.8 Å². The minimum absolute atomic E-state index is 0.0198. The molecule has 1 saturated heterocycles. The van der Waals surface area contributed by atoms with Gasteiger partial charge in [0.05, 0.1) is 20.8 Å². The van der Waals surface area contributed by atoms with E-state index in [0.29, 0.717) is 37.4 Å². The van der Waals surface area contributed by atoms with Crippen LogP contribution in [0, 0.1) is 0 Å². The molecule has 4 rings (SSSR count). The fourth-order valence-corrected chi connectivity index (χ4v) is 4.04. The number of carbonyl (C=O) groups is 2. The quantitative estimate of drug-likeness (QED) is 0.797. The highest BCUT2D eigenvalue weighted by Crippen LogP contribution is 2.29. The molecule has 0 unspecified atom stereocenters. The normalized spacial score (nSPS) is 18.6. The third-order valence-electron chi connectivity index (χ3n) is 5.61. The maximum Gasteiger partial charge on any atom is 0.246 e. The van der Waals surface area contributed by atoms with E-state index in [1.165, 1.54) is 0 Å². The SMILES string of the molecule is COc1ccc(CCN2CC(=O)N3Cc4ccccc4C[C@@H]3C2=O)cc1OC. The van der Waals surface area contributed by atoms with Gasteiger partial charge in [0.25, 0.3) is 0 Å². The molecule has 2 amide bonds. The molecule has 2 aliphatic rings. The Morgan fingerprint density at radius 2 is 1.71 bits per heavy atom. The van der Waals surface area contributed by atoms with Gasteiger partial charge >= 0.3 is 0 Å². The van der Waals surface area contributed by atoms with Gasteiger partial charge in [-0.05, 0) is 35.2 Å². The first-order valence-electron chi connectivity index (χ1n) is 9.46. The maximum absolute atomic E-state index is 13.0. The minimum Gasteiger partial charge on any atom is -0.493 e. The van der Waals surface area contributed by atoms with Gasteiger partial charge < -0.3 is 19.3 Å². The summed E-state index contributed by atoms with van der Waals surface area (Å²) in [5, 5.41) is 0. The highest BCUT2D eigenvalue weighted by Gasteiger charge is 2.41. The number of amides is 2. The van der Waals surface area contributed by atoms with Gasteiger partial charge in [-0.2, -0.15) is 0 Å². The van der Waals surface area contributed by atoms with E-state index in [0.717, 1.165) is 16.7 Å². The van der Waals surface area contributed by atoms with E-state index in [1.807, 2.05) is 42.5 Å². The Bertz CT molecular complexity index is 911. The summed E-state index contributed by atoms with van der Waals surface area (Å²) in [6, 6.07) is 13.4. The van der Waals surface area contributed by atoms with Gasteiger partial charge in [0.2, 0.25) is 11.8 Å². The van der Waals surface area contributed by atoms with Gasteiger partial charge in [0, 0.05) is 19.5 Å². The molecule has 1 atom stereocenters. The van der Waals surface area contributed by atoms with Gasteiger partial charge in [0.15, 0.2) is 11.5 Å². The van der Waals surface area contributed by atoms with Crippen molar-refractivity contribution in [3.8, 4) is 11.5 Å². The predicted molar refractivity (Wildman–Crippen MR) is 104 cm³/mol. The summed E-state index contributed by atoms with van der Waals surface area (Å²) in [5.41, 5.74) is 3.33.